The summed E-state index contributed by atoms with van der Waals surface area (Å²) >= 11 is 4.06. The molecule has 16 heavy (non-hydrogen) atoms. The van der Waals surface area contributed by atoms with Crippen molar-refractivity contribution in [3.05, 3.63) is 36.5 Å². The number of thiol groups is 1. The van der Waals surface area contributed by atoms with Crippen LogP contribution in [0.5, 0.6) is 0 Å². The van der Waals surface area contributed by atoms with Gasteiger partial charge < -0.3 is 5.32 Å². The molecule has 0 saturated carbocycles. The van der Waals surface area contributed by atoms with Crippen LogP contribution in [0, 0.1) is 0 Å². The fourth-order valence-corrected chi connectivity index (χ4v) is 1.45. The summed E-state index contributed by atoms with van der Waals surface area (Å²) in [5, 5.41) is 3.43. The van der Waals surface area contributed by atoms with Crippen LogP contribution < -0.4 is 5.32 Å². The van der Waals surface area contributed by atoms with Crippen molar-refractivity contribution < 1.29 is 4.79 Å². The molecule has 0 bridgehead atoms. The zero-order valence-electron chi connectivity index (χ0n) is 8.84. The molecular weight excluding hydrogens is 220 g/mol. The second-order valence-corrected chi connectivity index (χ2v) is 4.36. The van der Waals surface area contributed by atoms with Crippen molar-refractivity contribution in [2.45, 2.75) is 12.2 Å². The molecule has 1 amide bonds. The largest absolute Gasteiger partial charge is 0.324 e. The number of hydrogen-bond acceptors (Lipinski definition) is 3. The van der Waals surface area contributed by atoms with Gasteiger partial charge in [0.05, 0.1) is 22.7 Å². The number of amides is 1. The third-order valence-corrected chi connectivity index (χ3v) is 2.47. The minimum absolute atomic E-state index is 0.125. The smallest absolute Gasteiger partial charge is 0.236 e. The number of rotatable bonds is 2. The van der Waals surface area contributed by atoms with E-state index in [0.29, 0.717) is 5.69 Å². The first-order chi connectivity index (χ1) is 7.66. The van der Waals surface area contributed by atoms with E-state index in [2.05, 4.69) is 22.9 Å². The van der Waals surface area contributed by atoms with Gasteiger partial charge in [-0.1, -0.05) is 18.2 Å². The minimum atomic E-state index is -0.327. The van der Waals surface area contributed by atoms with Crippen molar-refractivity contribution in [1.82, 2.24) is 4.98 Å². The van der Waals surface area contributed by atoms with E-state index >= 15 is 0 Å². The van der Waals surface area contributed by atoms with Gasteiger partial charge in [-0.15, -0.1) is 0 Å². The number of benzene rings is 1. The van der Waals surface area contributed by atoms with Crippen molar-refractivity contribution in [2.75, 3.05) is 5.32 Å². The molecule has 3 nitrogen and oxygen atoms in total. The molecule has 2 rings (SSSR count). The molecule has 0 fully saturated rings. The summed E-state index contributed by atoms with van der Waals surface area (Å²) in [6.07, 6.45) is 1.65. The maximum Gasteiger partial charge on any atom is 0.236 e. The highest BCUT2D eigenvalue weighted by Gasteiger charge is 2.08. The lowest BCUT2D eigenvalue weighted by Crippen LogP contribution is -2.20. The standard InChI is InChI=1S/C12H12N2OS/c1-8(16)12(15)14-10-6-9-4-2-3-5-11(9)13-7-10/h2-8,16H,1H3,(H,14,15). The molecule has 0 radical (unpaired) electrons. The molecule has 1 aromatic heterocycles. The number of fused-ring (bicyclic) bond motifs is 1. The van der Waals surface area contributed by atoms with E-state index in [9.17, 15) is 4.79 Å². The van der Waals surface area contributed by atoms with Crippen molar-refractivity contribution in [3.63, 3.8) is 0 Å². The van der Waals surface area contributed by atoms with Crippen LogP contribution in [0.3, 0.4) is 0 Å². The molecule has 0 aliphatic heterocycles. The van der Waals surface area contributed by atoms with E-state index in [-0.39, 0.29) is 11.2 Å². The Kier molecular flexibility index (Phi) is 3.10. The first kappa shape index (κ1) is 11.0. The molecular formula is C12H12N2OS. The highest BCUT2D eigenvalue weighted by molar-refractivity contribution is 7.81. The van der Waals surface area contributed by atoms with Gasteiger partial charge >= 0.3 is 0 Å². The Labute approximate surface area is 99.3 Å². The molecule has 0 saturated heterocycles. The third kappa shape index (κ3) is 2.33. The number of nitrogens with zero attached hydrogens (tertiary/aromatic N) is 1. The van der Waals surface area contributed by atoms with Gasteiger partial charge in [0, 0.05) is 5.39 Å². The van der Waals surface area contributed by atoms with Gasteiger partial charge in [-0.05, 0) is 19.1 Å². The van der Waals surface area contributed by atoms with E-state index in [0.717, 1.165) is 10.9 Å². The lowest BCUT2D eigenvalue weighted by Gasteiger charge is -2.07. The Morgan fingerprint density at radius 3 is 2.94 bits per heavy atom. The highest BCUT2D eigenvalue weighted by Crippen LogP contribution is 2.16. The summed E-state index contributed by atoms with van der Waals surface area (Å²) in [4.78, 5) is 15.7. The van der Waals surface area contributed by atoms with Gasteiger partial charge in [-0.3, -0.25) is 9.78 Å². The molecule has 1 unspecified atom stereocenters. The summed E-state index contributed by atoms with van der Waals surface area (Å²) < 4.78 is 0. The highest BCUT2D eigenvalue weighted by atomic mass is 32.1. The van der Waals surface area contributed by atoms with Crippen molar-refractivity contribution in [2.24, 2.45) is 0 Å². The topological polar surface area (TPSA) is 42.0 Å². The van der Waals surface area contributed by atoms with Crippen molar-refractivity contribution in [3.8, 4) is 0 Å². The number of para-hydroxylation sites is 1. The maximum atomic E-state index is 11.4. The molecule has 0 aliphatic rings. The number of anilines is 1. The maximum absolute atomic E-state index is 11.4. The summed E-state index contributed by atoms with van der Waals surface area (Å²) in [7, 11) is 0. The van der Waals surface area contributed by atoms with Gasteiger partial charge in [0.25, 0.3) is 0 Å². The van der Waals surface area contributed by atoms with Crippen LogP contribution in [-0.2, 0) is 4.79 Å². The van der Waals surface area contributed by atoms with E-state index in [1.165, 1.54) is 0 Å². The lowest BCUT2D eigenvalue weighted by molar-refractivity contribution is -0.115. The second-order valence-electron chi connectivity index (χ2n) is 3.58. The predicted octanol–water partition coefficient (Wildman–Crippen LogP) is 2.49. The monoisotopic (exact) mass is 232 g/mol. The molecule has 1 aromatic carbocycles. The molecule has 0 spiro atoms. The van der Waals surface area contributed by atoms with Crippen molar-refractivity contribution in [1.29, 1.82) is 0 Å². The van der Waals surface area contributed by atoms with E-state index in [4.69, 9.17) is 0 Å². The number of nitrogens with one attached hydrogen (secondary N) is 1. The Hall–Kier alpha value is -1.55. The van der Waals surface area contributed by atoms with Crippen LogP contribution in [-0.4, -0.2) is 16.1 Å². The number of hydrogen-bond donors (Lipinski definition) is 2. The molecule has 4 heteroatoms. The minimum Gasteiger partial charge on any atom is -0.324 e. The lowest BCUT2D eigenvalue weighted by atomic mass is 10.2. The fourth-order valence-electron chi connectivity index (χ4n) is 1.39. The zero-order valence-corrected chi connectivity index (χ0v) is 9.74. The zero-order chi connectivity index (χ0) is 11.5. The quantitative estimate of drug-likeness (QED) is 0.781. The van der Waals surface area contributed by atoms with E-state index in [1.807, 2.05) is 30.3 Å². The molecule has 2 aromatic rings. The normalized spacial score (nSPS) is 12.4. The molecule has 82 valence electrons. The Morgan fingerprint density at radius 1 is 1.44 bits per heavy atom. The van der Waals surface area contributed by atoms with Crippen LogP contribution in [0.4, 0.5) is 5.69 Å². The Balaban J connectivity index is 2.29. The average molecular weight is 232 g/mol. The summed E-state index contributed by atoms with van der Waals surface area (Å²) in [6, 6.07) is 9.67. The summed E-state index contributed by atoms with van der Waals surface area (Å²) in [5.74, 6) is -0.125. The van der Waals surface area contributed by atoms with Gasteiger partial charge in [0.1, 0.15) is 0 Å². The second kappa shape index (κ2) is 4.53. The van der Waals surface area contributed by atoms with Crippen LogP contribution >= 0.6 is 12.6 Å². The van der Waals surface area contributed by atoms with Gasteiger partial charge in [-0.25, -0.2) is 0 Å². The Morgan fingerprint density at radius 2 is 2.19 bits per heavy atom. The predicted molar refractivity (Wildman–Crippen MR) is 68.8 cm³/mol. The van der Waals surface area contributed by atoms with E-state index in [1.54, 1.807) is 13.1 Å². The van der Waals surface area contributed by atoms with Crippen LogP contribution in [0.1, 0.15) is 6.92 Å². The van der Waals surface area contributed by atoms with Gasteiger partial charge in [0.2, 0.25) is 5.91 Å². The summed E-state index contributed by atoms with van der Waals surface area (Å²) in [5.41, 5.74) is 1.61. The summed E-state index contributed by atoms with van der Waals surface area (Å²) in [6.45, 7) is 1.73. The number of aromatic nitrogens is 1. The molecule has 1 N–H and O–H groups in total. The molecule has 1 heterocycles. The van der Waals surface area contributed by atoms with Crippen LogP contribution in [0.25, 0.3) is 10.9 Å². The first-order valence-corrected chi connectivity index (χ1v) is 5.52. The fraction of sp³-hybridized carbons (Fsp3) is 0.167. The third-order valence-electron chi connectivity index (χ3n) is 2.24. The average Bonchev–Trinajstić information content (AvgIpc) is 2.28. The number of carbonyl (C=O) groups excluding carboxylic acids is 1. The molecule has 1 atom stereocenters. The SMILES string of the molecule is CC(S)C(=O)Nc1cnc2ccccc2c1. The first-order valence-electron chi connectivity index (χ1n) is 5.00. The number of pyridine rings is 1. The van der Waals surface area contributed by atoms with Gasteiger partial charge in [-0.2, -0.15) is 12.6 Å². The van der Waals surface area contributed by atoms with E-state index < -0.39 is 0 Å². The van der Waals surface area contributed by atoms with Crippen LogP contribution in [0.15, 0.2) is 36.5 Å². The van der Waals surface area contributed by atoms with Gasteiger partial charge in [0.15, 0.2) is 0 Å². The van der Waals surface area contributed by atoms with Crippen molar-refractivity contribution >= 4 is 35.1 Å². The van der Waals surface area contributed by atoms with Crippen LogP contribution in [0.2, 0.25) is 0 Å². The number of carbonyl (C=O) groups is 1. The molecule has 0 aliphatic carbocycles. The Bertz CT molecular complexity index is 525.